The van der Waals surface area contributed by atoms with Gasteiger partial charge in [-0.15, -0.1) is 0 Å². The Morgan fingerprint density at radius 3 is 2.21 bits per heavy atom. The van der Waals surface area contributed by atoms with E-state index in [-0.39, 0.29) is 18.2 Å². The van der Waals surface area contributed by atoms with Crippen molar-refractivity contribution in [2.24, 2.45) is 5.92 Å². The molecule has 34 heavy (non-hydrogen) atoms. The zero-order chi connectivity index (χ0) is 23.5. The highest BCUT2D eigenvalue weighted by Gasteiger charge is 2.58. The third kappa shape index (κ3) is 4.25. The lowest BCUT2D eigenvalue weighted by Crippen LogP contribution is -2.60. The Morgan fingerprint density at radius 2 is 1.59 bits per heavy atom. The highest BCUT2D eigenvalue weighted by atomic mass is 16.6. The SMILES string of the molecule is CC1CCN(CCNC(=O)N2CCN3C(=O)OC(c4ccccc4)(c4ccccc4)C3C2)CC1. The van der Waals surface area contributed by atoms with Crippen molar-refractivity contribution in [1.29, 1.82) is 0 Å². The monoisotopic (exact) mass is 462 g/mol. The molecule has 0 bridgehead atoms. The van der Waals surface area contributed by atoms with Crippen LogP contribution >= 0.6 is 0 Å². The summed E-state index contributed by atoms with van der Waals surface area (Å²) in [5, 5.41) is 3.11. The Balaban J connectivity index is 1.32. The van der Waals surface area contributed by atoms with Crippen LogP contribution in [0.15, 0.2) is 60.7 Å². The first-order valence-electron chi connectivity index (χ1n) is 12.4. The lowest BCUT2D eigenvalue weighted by atomic mass is 9.79. The number of piperidine rings is 1. The average molecular weight is 463 g/mol. The fourth-order valence-corrected chi connectivity index (χ4v) is 5.56. The van der Waals surface area contributed by atoms with Crippen LogP contribution in [-0.4, -0.2) is 78.7 Å². The van der Waals surface area contributed by atoms with E-state index in [0.717, 1.165) is 36.7 Å². The van der Waals surface area contributed by atoms with Gasteiger partial charge in [0.1, 0.15) is 6.04 Å². The molecule has 2 aromatic rings. The molecule has 0 spiro atoms. The summed E-state index contributed by atoms with van der Waals surface area (Å²) < 4.78 is 6.19. The molecule has 3 amide bonds. The standard InChI is InChI=1S/C27H34N4O3/c1-21-12-15-29(16-13-21)17-14-28-25(32)30-18-19-31-24(20-30)27(34-26(31)33,22-8-4-2-5-9-22)23-10-6-3-7-11-23/h2-11,21,24H,12-20H2,1H3,(H,28,32). The minimum atomic E-state index is -0.955. The molecule has 1 N–H and O–H groups in total. The predicted octanol–water partition coefficient (Wildman–Crippen LogP) is 3.51. The molecule has 3 aliphatic heterocycles. The number of piperazine rings is 1. The first-order valence-corrected chi connectivity index (χ1v) is 12.4. The van der Waals surface area contributed by atoms with Crippen LogP contribution in [0, 0.1) is 5.92 Å². The van der Waals surface area contributed by atoms with Crippen molar-refractivity contribution in [3.05, 3.63) is 71.8 Å². The molecular weight excluding hydrogens is 428 g/mol. The van der Waals surface area contributed by atoms with E-state index < -0.39 is 5.60 Å². The van der Waals surface area contributed by atoms with Gasteiger partial charge in [0, 0.05) is 43.9 Å². The van der Waals surface area contributed by atoms with E-state index >= 15 is 0 Å². The molecule has 3 heterocycles. The second-order valence-corrected chi connectivity index (χ2v) is 9.75. The third-order valence-electron chi connectivity index (χ3n) is 7.61. The fourth-order valence-electron chi connectivity index (χ4n) is 5.56. The van der Waals surface area contributed by atoms with Gasteiger partial charge in [-0.1, -0.05) is 67.6 Å². The summed E-state index contributed by atoms with van der Waals surface area (Å²) in [5.74, 6) is 0.799. The number of hydrogen-bond acceptors (Lipinski definition) is 4. The van der Waals surface area contributed by atoms with Gasteiger partial charge in [-0.3, -0.25) is 4.90 Å². The molecule has 0 aliphatic carbocycles. The van der Waals surface area contributed by atoms with Crippen molar-refractivity contribution in [3.8, 4) is 0 Å². The maximum absolute atomic E-state index is 13.1. The van der Waals surface area contributed by atoms with Crippen molar-refractivity contribution in [1.82, 2.24) is 20.0 Å². The molecule has 2 aromatic carbocycles. The fraction of sp³-hybridized carbons (Fsp3) is 0.481. The normalized spacial score (nSPS) is 22.9. The van der Waals surface area contributed by atoms with Crippen LogP contribution in [-0.2, 0) is 10.3 Å². The van der Waals surface area contributed by atoms with Crippen LogP contribution in [0.5, 0.6) is 0 Å². The van der Waals surface area contributed by atoms with Crippen LogP contribution < -0.4 is 5.32 Å². The van der Waals surface area contributed by atoms with Gasteiger partial charge in [-0.05, 0) is 31.8 Å². The summed E-state index contributed by atoms with van der Waals surface area (Å²) in [6, 6.07) is 19.4. The predicted molar refractivity (Wildman–Crippen MR) is 130 cm³/mol. The number of urea groups is 1. The van der Waals surface area contributed by atoms with Crippen LogP contribution in [0.2, 0.25) is 0 Å². The van der Waals surface area contributed by atoms with Gasteiger partial charge in [0.2, 0.25) is 0 Å². The Kier molecular flexibility index (Phi) is 6.46. The Morgan fingerprint density at radius 1 is 0.971 bits per heavy atom. The van der Waals surface area contributed by atoms with E-state index in [4.69, 9.17) is 4.74 Å². The number of nitrogens with one attached hydrogen (secondary N) is 1. The molecule has 1 atom stereocenters. The van der Waals surface area contributed by atoms with E-state index in [1.807, 2.05) is 65.6 Å². The highest BCUT2D eigenvalue weighted by Crippen LogP contribution is 2.45. The molecule has 0 aromatic heterocycles. The van der Waals surface area contributed by atoms with E-state index in [9.17, 15) is 9.59 Å². The molecule has 7 heteroatoms. The van der Waals surface area contributed by atoms with Gasteiger partial charge < -0.3 is 19.9 Å². The lowest BCUT2D eigenvalue weighted by molar-refractivity contribution is 0.0511. The molecule has 0 saturated carbocycles. The van der Waals surface area contributed by atoms with Gasteiger partial charge in [-0.2, -0.15) is 0 Å². The Bertz CT molecular complexity index is 952. The molecule has 180 valence electrons. The number of fused-ring (bicyclic) bond motifs is 1. The molecule has 3 fully saturated rings. The van der Waals surface area contributed by atoms with E-state index in [0.29, 0.717) is 26.2 Å². The van der Waals surface area contributed by atoms with Crippen LogP contribution in [0.4, 0.5) is 9.59 Å². The minimum absolute atomic E-state index is 0.0700. The number of hydrogen-bond donors (Lipinski definition) is 1. The number of ether oxygens (including phenoxy) is 1. The van der Waals surface area contributed by atoms with E-state index in [1.54, 1.807) is 4.90 Å². The minimum Gasteiger partial charge on any atom is -0.431 e. The molecule has 7 nitrogen and oxygen atoms in total. The van der Waals surface area contributed by atoms with Crippen molar-refractivity contribution in [3.63, 3.8) is 0 Å². The summed E-state index contributed by atoms with van der Waals surface area (Å²) in [5.41, 5.74) is 0.885. The first-order chi connectivity index (χ1) is 16.6. The third-order valence-corrected chi connectivity index (χ3v) is 7.61. The maximum atomic E-state index is 13.1. The molecule has 1 unspecified atom stereocenters. The van der Waals surface area contributed by atoms with E-state index in [1.165, 1.54) is 12.8 Å². The molecule has 0 radical (unpaired) electrons. The number of cyclic esters (lactones) is 1. The average Bonchev–Trinajstić information content (AvgIpc) is 3.19. The zero-order valence-corrected chi connectivity index (χ0v) is 19.9. The summed E-state index contributed by atoms with van der Waals surface area (Å²) in [6.07, 6.45) is 2.14. The number of carbonyl (C=O) groups excluding carboxylic acids is 2. The van der Waals surface area contributed by atoms with E-state index in [2.05, 4.69) is 17.1 Å². The summed E-state index contributed by atoms with van der Waals surface area (Å²) >= 11 is 0. The van der Waals surface area contributed by atoms with Crippen molar-refractivity contribution >= 4 is 12.1 Å². The Labute approximate surface area is 201 Å². The molecule has 5 rings (SSSR count). The summed E-state index contributed by atoms with van der Waals surface area (Å²) in [6.45, 7) is 7.41. The van der Waals surface area contributed by atoms with Crippen molar-refractivity contribution in [2.45, 2.75) is 31.4 Å². The van der Waals surface area contributed by atoms with Crippen LogP contribution in [0.1, 0.15) is 30.9 Å². The number of benzene rings is 2. The van der Waals surface area contributed by atoms with Crippen molar-refractivity contribution < 1.29 is 14.3 Å². The van der Waals surface area contributed by atoms with Gasteiger partial charge in [-0.25, -0.2) is 9.59 Å². The first kappa shape index (κ1) is 22.7. The number of rotatable bonds is 5. The maximum Gasteiger partial charge on any atom is 0.411 e. The number of amides is 3. The number of nitrogens with zero attached hydrogens (tertiary/aromatic N) is 3. The summed E-state index contributed by atoms with van der Waals surface area (Å²) in [7, 11) is 0. The molecular formula is C27H34N4O3. The van der Waals surface area contributed by atoms with Crippen LogP contribution in [0.3, 0.4) is 0 Å². The molecule has 3 aliphatic rings. The number of likely N-dealkylation sites (tertiary alicyclic amines) is 1. The lowest BCUT2D eigenvalue weighted by Gasteiger charge is -2.42. The van der Waals surface area contributed by atoms with Crippen molar-refractivity contribution in [2.75, 3.05) is 45.8 Å². The highest BCUT2D eigenvalue weighted by molar-refractivity contribution is 5.77. The zero-order valence-electron chi connectivity index (χ0n) is 19.9. The quantitative estimate of drug-likeness (QED) is 0.739. The largest absolute Gasteiger partial charge is 0.431 e. The Hall–Kier alpha value is -3.06. The van der Waals surface area contributed by atoms with Gasteiger partial charge in [0.05, 0.1) is 0 Å². The van der Waals surface area contributed by atoms with Gasteiger partial charge in [0.25, 0.3) is 0 Å². The topological polar surface area (TPSA) is 65.1 Å². The van der Waals surface area contributed by atoms with Crippen LogP contribution in [0.25, 0.3) is 0 Å². The number of carbonyl (C=O) groups is 2. The van der Waals surface area contributed by atoms with Gasteiger partial charge >= 0.3 is 12.1 Å². The van der Waals surface area contributed by atoms with Gasteiger partial charge in [0.15, 0.2) is 5.60 Å². The second-order valence-electron chi connectivity index (χ2n) is 9.75. The second kappa shape index (κ2) is 9.66. The smallest absolute Gasteiger partial charge is 0.411 e. The summed E-state index contributed by atoms with van der Waals surface area (Å²) in [4.78, 5) is 32.1. The molecule has 3 saturated heterocycles.